The molecular weight excluding hydrogens is 307 g/mol. The van der Waals surface area contributed by atoms with Crippen molar-refractivity contribution >= 4 is 40.8 Å². The lowest BCUT2D eigenvalue weighted by molar-refractivity contribution is 0.0493. The zero-order valence-electron chi connectivity index (χ0n) is 10.6. The molecule has 104 valence electrons. The Kier molecular flexibility index (Phi) is 4.99. The number of ether oxygens (including phenoxy) is 1. The van der Waals surface area contributed by atoms with Gasteiger partial charge in [0.15, 0.2) is 0 Å². The number of carbonyl (C=O) groups excluding carboxylic acids is 1. The van der Waals surface area contributed by atoms with Gasteiger partial charge in [0.2, 0.25) is 0 Å². The summed E-state index contributed by atoms with van der Waals surface area (Å²) in [4.78, 5) is 11.9. The first-order valence-electron chi connectivity index (χ1n) is 6.34. The molecule has 1 saturated carbocycles. The van der Waals surface area contributed by atoms with Gasteiger partial charge >= 0.3 is 5.97 Å². The molecule has 1 fully saturated rings. The first-order chi connectivity index (χ1) is 9.02. The summed E-state index contributed by atoms with van der Waals surface area (Å²) in [6, 6.07) is 2.97. The molecule has 0 saturated heterocycles. The van der Waals surface area contributed by atoms with Crippen LogP contribution in [-0.2, 0) is 4.74 Å². The molecule has 0 spiro atoms. The summed E-state index contributed by atoms with van der Waals surface area (Å²) in [6.45, 7) is 2.60. The van der Waals surface area contributed by atoms with Crippen LogP contribution in [0.3, 0.4) is 0 Å². The third kappa shape index (κ3) is 3.77. The fraction of sp³-hybridized carbons (Fsp3) is 0.500. The van der Waals surface area contributed by atoms with E-state index >= 15 is 0 Å². The molecule has 1 aliphatic carbocycles. The number of rotatable bonds is 5. The van der Waals surface area contributed by atoms with Crippen molar-refractivity contribution < 1.29 is 9.53 Å². The molecule has 5 heteroatoms. The van der Waals surface area contributed by atoms with Crippen molar-refractivity contribution in [1.29, 1.82) is 0 Å². The number of carbonyl (C=O) groups is 1. The number of esters is 1. The van der Waals surface area contributed by atoms with E-state index < -0.39 is 5.97 Å². The van der Waals surface area contributed by atoms with Gasteiger partial charge in [-0.2, -0.15) is 0 Å². The molecule has 0 N–H and O–H groups in total. The third-order valence-electron chi connectivity index (χ3n) is 3.53. The highest BCUT2D eigenvalue weighted by atomic mass is 35.5. The second kappa shape index (κ2) is 6.34. The minimum atomic E-state index is -0.469. The summed E-state index contributed by atoms with van der Waals surface area (Å²) in [7, 11) is 0. The Morgan fingerprint density at radius 1 is 1.32 bits per heavy atom. The van der Waals surface area contributed by atoms with Gasteiger partial charge in [-0.25, -0.2) is 4.79 Å². The van der Waals surface area contributed by atoms with Crippen LogP contribution in [0, 0.1) is 11.8 Å². The minimum Gasteiger partial charge on any atom is -0.462 e. The fourth-order valence-electron chi connectivity index (χ4n) is 2.25. The Morgan fingerprint density at radius 2 is 2.05 bits per heavy atom. The quantitative estimate of drug-likeness (QED) is 0.547. The van der Waals surface area contributed by atoms with Gasteiger partial charge in [0.1, 0.15) is 0 Å². The number of hydrogen-bond acceptors (Lipinski definition) is 2. The van der Waals surface area contributed by atoms with Crippen LogP contribution >= 0.6 is 34.8 Å². The average Bonchev–Trinajstić information content (AvgIpc) is 3.12. The van der Waals surface area contributed by atoms with Crippen LogP contribution in [0.5, 0.6) is 0 Å². The van der Waals surface area contributed by atoms with Crippen molar-refractivity contribution in [1.82, 2.24) is 0 Å². The highest BCUT2D eigenvalue weighted by Crippen LogP contribution is 2.43. The van der Waals surface area contributed by atoms with E-state index in [0.29, 0.717) is 17.5 Å². The summed E-state index contributed by atoms with van der Waals surface area (Å²) in [6.07, 6.45) is 3.36. The van der Waals surface area contributed by atoms with Crippen LogP contribution in [-0.4, -0.2) is 12.6 Å². The Labute approximate surface area is 128 Å². The highest BCUT2D eigenvalue weighted by Gasteiger charge is 2.34. The second-order valence-corrected chi connectivity index (χ2v) is 6.06. The van der Waals surface area contributed by atoms with Crippen LogP contribution < -0.4 is 0 Å². The van der Waals surface area contributed by atoms with Gasteiger partial charge < -0.3 is 4.74 Å². The van der Waals surface area contributed by atoms with Crippen LogP contribution in [0.25, 0.3) is 0 Å². The Hall–Kier alpha value is -0.440. The Balaban J connectivity index is 1.89. The molecule has 2 unspecified atom stereocenters. The first-order valence-corrected chi connectivity index (χ1v) is 7.48. The second-order valence-electron chi connectivity index (χ2n) is 4.84. The number of benzene rings is 1. The maximum absolute atomic E-state index is 11.9. The summed E-state index contributed by atoms with van der Waals surface area (Å²) in [5.41, 5.74) is 0.224. The van der Waals surface area contributed by atoms with E-state index in [0.717, 1.165) is 12.3 Å². The lowest BCUT2D eigenvalue weighted by Gasteiger charge is -2.07. The smallest absolute Gasteiger partial charge is 0.339 e. The average molecular weight is 322 g/mol. The summed E-state index contributed by atoms with van der Waals surface area (Å²) in [5.74, 6) is 1.04. The maximum atomic E-state index is 11.9. The van der Waals surface area contributed by atoms with Gasteiger partial charge in [0, 0.05) is 5.02 Å². The van der Waals surface area contributed by atoms with E-state index in [1.165, 1.54) is 25.0 Å². The Morgan fingerprint density at radius 3 is 2.68 bits per heavy atom. The maximum Gasteiger partial charge on any atom is 0.339 e. The van der Waals surface area contributed by atoms with Gasteiger partial charge in [-0.3, -0.25) is 0 Å². The molecular formula is C14H15Cl3O2. The summed E-state index contributed by atoms with van der Waals surface area (Å²) in [5, 5.41) is 0.817. The molecule has 2 rings (SSSR count). The van der Waals surface area contributed by atoms with Crippen molar-refractivity contribution in [3.63, 3.8) is 0 Å². The highest BCUT2D eigenvalue weighted by molar-refractivity contribution is 6.45. The standard InChI is InChI=1S/C14H15Cl3O2/c1-2-8-5-9(8)3-4-19-14(18)11-6-10(15)7-12(16)13(11)17/h6-9H,2-5H2,1H3. The molecule has 0 radical (unpaired) electrons. The fourth-order valence-corrected chi connectivity index (χ4v) is 2.93. The van der Waals surface area contributed by atoms with E-state index in [9.17, 15) is 4.79 Å². The normalized spacial score (nSPS) is 21.3. The van der Waals surface area contributed by atoms with Gasteiger partial charge in [0.05, 0.1) is 22.2 Å². The van der Waals surface area contributed by atoms with Crippen molar-refractivity contribution in [2.24, 2.45) is 11.8 Å². The molecule has 0 bridgehead atoms. The van der Waals surface area contributed by atoms with Gasteiger partial charge in [0.25, 0.3) is 0 Å². The minimum absolute atomic E-state index is 0.189. The van der Waals surface area contributed by atoms with Crippen molar-refractivity contribution in [3.8, 4) is 0 Å². The molecule has 0 amide bonds. The van der Waals surface area contributed by atoms with Gasteiger partial charge in [-0.1, -0.05) is 48.1 Å². The molecule has 2 atom stereocenters. The van der Waals surface area contributed by atoms with Crippen molar-refractivity contribution in [2.75, 3.05) is 6.61 Å². The molecule has 19 heavy (non-hydrogen) atoms. The van der Waals surface area contributed by atoms with E-state index in [4.69, 9.17) is 39.5 Å². The summed E-state index contributed by atoms with van der Waals surface area (Å²) >= 11 is 17.7. The Bertz CT molecular complexity index is 488. The number of hydrogen-bond donors (Lipinski definition) is 0. The molecule has 0 aliphatic heterocycles. The monoisotopic (exact) mass is 320 g/mol. The zero-order valence-corrected chi connectivity index (χ0v) is 12.9. The SMILES string of the molecule is CCC1CC1CCOC(=O)c1cc(Cl)cc(Cl)c1Cl. The molecule has 2 nitrogen and oxygen atoms in total. The van der Waals surface area contributed by atoms with E-state index in [1.807, 2.05) is 0 Å². The molecule has 1 aromatic carbocycles. The lowest BCUT2D eigenvalue weighted by atomic mass is 10.2. The largest absolute Gasteiger partial charge is 0.462 e. The van der Waals surface area contributed by atoms with Crippen molar-refractivity contribution in [2.45, 2.75) is 26.2 Å². The molecule has 1 aliphatic rings. The van der Waals surface area contributed by atoms with Gasteiger partial charge in [-0.05, 0) is 36.8 Å². The van der Waals surface area contributed by atoms with Crippen LogP contribution in [0.1, 0.15) is 36.5 Å². The third-order valence-corrected chi connectivity index (χ3v) is 4.55. The van der Waals surface area contributed by atoms with Crippen molar-refractivity contribution in [3.05, 3.63) is 32.8 Å². The van der Waals surface area contributed by atoms with E-state index in [-0.39, 0.29) is 15.6 Å². The van der Waals surface area contributed by atoms with E-state index in [1.54, 1.807) is 0 Å². The molecule has 0 heterocycles. The van der Waals surface area contributed by atoms with Gasteiger partial charge in [-0.15, -0.1) is 0 Å². The van der Waals surface area contributed by atoms with Crippen LogP contribution in [0.15, 0.2) is 12.1 Å². The molecule has 0 aromatic heterocycles. The van der Waals surface area contributed by atoms with E-state index in [2.05, 4.69) is 6.92 Å². The number of halogens is 3. The lowest BCUT2D eigenvalue weighted by Crippen LogP contribution is -2.08. The molecule has 1 aromatic rings. The summed E-state index contributed by atoms with van der Waals surface area (Å²) < 4.78 is 5.22. The predicted octanol–water partition coefficient (Wildman–Crippen LogP) is 5.24. The predicted molar refractivity (Wildman–Crippen MR) is 78.3 cm³/mol. The topological polar surface area (TPSA) is 26.3 Å². The van der Waals surface area contributed by atoms with Crippen LogP contribution in [0.4, 0.5) is 0 Å². The first kappa shape index (κ1) is 15.0. The van der Waals surface area contributed by atoms with Crippen LogP contribution in [0.2, 0.25) is 15.1 Å². The zero-order chi connectivity index (χ0) is 14.0.